The average molecular weight is 318 g/mol. The predicted octanol–water partition coefficient (Wildman–Crippen LogP) is 2.87. The van der Waals surface area contributed by atoms with Crippen molar-refractivity contribution in [3.63, 3.8) is 0 Å². The normalized spacial score (nSPS) is 10.2. The van der Waals surface area contributed by atoms with E-state index in [-0.39, 0.29) is 30.3 Å². The maximum absolute atomic E-state index is 11.3. The van der Waals surface area contributed by atoms with Gasteiger partial charge in [0.1, 0.15) is 30.3 Å². The molecule has 0 heterocycles. The number of carbonyl (C=O) groups is 1. The van der Waals surface area contributed by atoms with E-state index in [0.29, 0.717) is 17.1 Å². The van der Waals surface area contributed by atoms with Crippen LogP contribution in [0.25, 0.3) is 0 Å². The van der Waals surface area contributed by atoms with Crippen molar-refractivity contribution in [1.29, 1.82) is 0 Å². The first-order valence-corrected chi connectivity index (χ1v) is 6.98. The molecule has 0 aromatic heterocycles. The van der Waals surface area contributed by atoms with Gasteiger partial charge in [-0.3, -0.25) is 0 Å². The summed E-state index contributed by atoms with van der Waals surface area (Å²) in [5, 5.41) is 18.8. The van der Waals surface area contributed by atoms with Gasteiger partial charge in [-0.25, -0.2) is 4.79 Å². The molecular formula is C17H18O6. The minimum absolute atomic E-state index is 0.0279. The summed E-state index contributed by atoms with van der Waals surface area (Å²) in [6, 6.07) is 9.84. The highest BCUT2D eigenvalue weighted by Crippen LogP contribution is 2.28. The van der Waals surface area contributed by atoms with Crippen LogP contribution in [0.5, 0.6) is 23.0 Å². The van der Waals surface area contributed by atoms with Gasteiger partial charge in [-0.2, -0.15) is 0 Å². The van der Waals surface area contributed by atoms with Gasteiger partial charge in [-0.1, -0.05) is 12.1 Å². The van der Waals surface area contributed by atoms with Crippen molar-refractivity contribution in [1.82, 2.24) is 0 Å². The fourth-order valence-corrected chi connectivity index (χ4v) is 2.17. The predicted molar refractivity (Wildman–Crippen MR) is 83.8 cm³/mol. The number of phenols is 1. The Morgan fingerprint density at radius 2 is 1.65 bits per heavy atom. The second-order valence-electron chi connectivity index (χ2n) is 4.79. The van der Waals surface area contributed by atoms with E-state index in [2.05, 4.69) is 0 Å². The van der Waals surface area contributed by atoms with Gasteiger partial charge in [0.05, 0.1) is 7.11 Å². The maximum Gasteiger partial charge on any atom is 0.339 e. The highest BCUT2D eigenvalue weighted by molar-refractivity contribution is 5.92. The molecule has 0 fully saturated rings. The van der Waals surface area contributed by atoms with Gasteiger partial charge in [0, 0.05) is 6.07 Å². The Morgan fingerprint density at radius 1 is 1.04 bits per heavy atom. The molecule has 6 nitrogen and oxygen atoms in total. The summed E-state index contributed by atoms with van der Waals surface area (Å²) in [4.78, 5) is 11.3. The molecule has 2 aromatic rings. The van der Waals surface area contributed by atoms with Crippen LogP contribution in [0.2, 0.25) is 0 Å². The highest BCUT2D eigenvalue weighted by Gasteiger charge is 2.16. The number of hydrogen-bond donors (Lipinski definition) is 2. The van der Waals surface area contributed by atoms with E-state index in [0.717, 1.165) is 0 Å². The van der Waals surface area contributed by atoms with E-state index >= 15 is 0 Å². The largest absolute Gasteiger partial charge is 0.508 e. The number of benzene rings is 2. The van der Waals surface area contributed by atoms with Gasteiger partial charge in [-0.05, 0) is 30.7 Å². The summed E-state index contributed by atoms with van der Waals surface area (Å²) in [6.07, 6.45) is 0. The van der Waals surface area contributed by atoms with Crippen molar-refractivity contribution in [2.75, 3.05) is 20.3 Å². The van der Waals surface area contributed by atoms with Gasteiger partial charge >= 0.3 is 5.97 Å². The van der Waals surface area contributed by atoms with E-state index in [9.17, 15) is 15.0 Å². The van der Waals surface area contributed by atoms with Crippen molar-refractivity contribution in [3.05, 3.63) is 47.5 Å². The topological polar surface area (TPSA) is 85.2 Å². The number of ether oxygens (including phenoxy) is 3. The van der Waals surface area contributed by atoms with Crippen LogP contribution < -0.4 is 14.2 Å². The average Bonchev–Trinajstić information content (AvgIpc) is 2.50. The van der Waals surface area contributed by atoms with Gasteiger partial charge in [-0.15, -0.1) is 0 Å². The Labute approximate surface area is 133 Å². The smallest absolute Gasteiger partial charge is 0.339 e. The molecule has 2 N–H and O–H groups in total. The Bertz CT molecular complexity index is 695. The molecule has 0 spiro atoms. The first-order chi connectivity index (χ1) is 11.0. The number of hydrogen-bond acceptors (Lipinski definition) is 5. The summed E-state index contributed by atoms with van der Waals surface area (Å²) in [5.74, 6) is 0.131. The Morgan fingerprint density at radius 3 is 2.26 bits per heavy atom. The zero-order chi connectivity index (χ0) is 16.8. The molecule has 0 unspecified atom stereocenters. The maximum atomic E-state index is 11.3. The lowest BCUT2D eigenvalue weighted by atomic mass is 10.1. The monoisotopic (exact) mass is 318 g/mol. The molecule has 23 heavy (non-hydrogen) atoms. The summed E-state index contributed by atoms with van der Waals surface area (Å²) >= 11 is 0. The van der Waals surface area contributed by atoms with Crippen LogP contribution in [-0.2, 0) is 0 Å². The quantitative estimate of drug-likeness (QED) is 0.764. The zero-order valence-corrected chi connectivity index (χ0v) is 12.9. The SMILES string of the molecule is COc1ccccc1OCCOc1cc(O)cc(C)c1C(=O)O. The number of aryl methyl sites for hydroxylation is 1. The van der Waals surface area contributed by atoms with E-state index in [1.165, 1.54) is 12.1 Å². The first-order valence-electron chi connectivity index (χ1n) is 6.98. The standard InChI is InChI=1S/C17H18O6/c1-11-9-12(18)10-15(16(11)17(19)20)23-8-7-22-14-6-4-3-5-13(14)21-2/h3-6,9-10,18H,7-8H2,1-2H3,(H,19,20). The first kappa shape index (κ1) is 16.5. The molecule has 122 valence electrons. The second-order valence-corrected chi connectivity index (χ2v) is 4.79. The lowest BCUT2D eigenvalue weighted by Crippen LogP contribution is -2.12. The summed E-state index contributed by atoms with van der Waals surface area (Å²) < 4.78 is 16.2. The number of aromatic hydroxyl groups is 1. The van der Waals surface area contributed by atoms with E-state index in [1.54, 1.807) is 26.2 Å². The second kappa shape index (κ2) is 7.40. The van der Waals surface area contributed by atoms with Gasteiger partial charge in [0.2, 0.25) is 0 Å². The van der Waals surface area contributed by atoms with Crippen molar-refractivity contribution in [3.8, 4) is 23.0 Å². The molecule has 0 amide bonds. The number of methoxy groups -OCH3 is 1. The number of aromatic carboxylic acids is 1. The molecule has 0 saturated heterocycles. The summed E-state index contributed by atoms with van der Waals surface area (Å²) in [5.41, 5.74) is 0.457. The van der Waals surface area contributed by atoms with Crippen LogP contribution in [0.3, 0.4) is 0 Å². The van der Waals surface area contributed by atoms with Crippen LogP contribution >= 0.6 is 0 Å². The Balaban J connectivity index is 2.00. The molecule has 0 radical (unpaired) electrons. The molecule has 6 heteroatoms. The molecule has 0 saturated carbocycles. The summed E-state index contributed by atoms with van der Waals surface area (Å²) in [7, 11) is 1.55. The Kier molecular flexibility index (Phi) is 5.30. The van der Waals surface area contributed by atoms with Gasteiger partial charge in [0.25, 0.3) is 0 Å². The third-order valence-electron chi connectivity index (χ3n) is 3.17. The van der Waals surface area contributed by atoms with Crippen LogP contribution in [0.4, 0.5) is 0 Å². The third kappa shape index (κ3) is 4.06. The molecular weight excluding hydrogens is 300 g/mol. The highest BCUT2D eigenvalue weighted by atomic mass is 16.5. The lowest BCUT2D eigenvalue weighted by molar-refractivity contribution is 0.0690. The van der Waals surface area contributed by atoms with E-state index in [1.807, 2.05) is 12.1 Å². The molecule has 0 aliphatic rings. The molecule has 0 atom stereocenters. The molecule has 2 rings (SSSR count). The van der Waals surface area contributed by atoms with Crippen LogP contribution in [-0.4, -0.2) is 36.5 Å². The minimum atomic E-state index is -1.11. The van der Waals surface area contributed by atoms with E-state index in [4.69, 9.17) is 14.2 Å². The van der Waals surface area contributed by atoms with Gasteiger partial charge < -0.3 is 24.4 Å². The number of rotatable bonds is 7. The van der Waals surface area contributed by atoms with Crippen molar-refractivity contribution in [2.24, 2.45) is 0 Å². The molecule has 0 bridgehead atoms. The number of carboxylic acids is 1. The fourth-order valence-electron chi connectivity index (χ4n) is 2.17. The van der Waals surface area contributed by atoms with Crippen molar-refractivity contribution >= 4 is 5.97 Å². The number of phenolic OH excluding ortho intramolecular Hbond substituents is 1. The minimum Gasteiger partial charge on any atom is -0.508 e. The van der Waals surface area contributed by atoms with Crippen LogP contribution in [0.1, 0.15) is 15.9 Å². The lowest BCUT2D eigenvalue weighted by Gasteiger charge is -2.13. The van der Waals surface area contributed by atoms with E-state index < -0.39 is 5.97 Å². The van der Waals surface area contributed by atoms with Crippen molar-refractivity contribution in [2.45, 2.75) is 6.92 Å². The molecule has 0 aliphatic carbocycles. The molecule has 2 aromatic carbocycles. The third-order valence-corrected chi connectivity index (χ3v) is 3.17. The Hall–Kier alpha value is -2.89. The van der Waals surface area contributed by atoms with Gasteiger partial charge in [0.15, 0.2) is 11.5 Å². The fraction of sp³-hybridized carbons (Fsp3) is 0.235. The number of para-hydroxylation sites is 2. The van der Waals surface area contributed by atoms with Crippen LogP contribution in [0.15, 0.2) is 36.4 Å². The zero-order valence-electron chi connectivity index (χ0n) is 12.9. The summed E-state index contributed by atoms with van der Waals surface area (Å²) in [6.45, 7) is 1.93. The van der Waals surface area contributed by atoms with Crippen molar-refractivity contribution < 1.29 is 29.2 Å². The number of carboxylic acid groups (broad SMARTS) is 1. The van der Waals surface area contributed by atoms with Crippen LogP contribution in [0, 0.1) is 6.92 Å². The molecule has 0 aliphatic heterocycles.